The van der Waals surface area contributed by atoms with Crippen LogP contribution in [-0.4, -0.2) is 17.6 Å². The average Bonchev–Trinajstić information content (AvgIpc) is 2.16. The summed E-state index contributed by atoms with van der Waals surface area (Å²) in [4.78, 5) is 11.0. The molecule has 0 bridgehead atoms. The van der Waals surface area contributed by atoms with Crippen molar-refractivity contribution in [1.29, 1.82) is 0 Å². The topological polar surface area (TPSA) is 84.6 Å². The van der Waals surface area contributed by atoms with Crippen LogP contribution in [0.1, 0.15) is 5.56 Å². The lowest BCUT2D eigenvalue weighted by atomic mass is 10.1. The van der Waals surface area contributed by atoms with Gasteiger partial charge in [-0.3, -0.25) is 4.79 Å². The Hall–Kier alpha value is -1.75. The highest BCUT2D eigenvalue weighted by atomic mass is 16.5. The van der Waals surface area contributed by atoms with E-state index in [9.17, 15) is 4.79 Å². The molecule has 2 rings (SSSR count). The number of nitrogens with one attached hydrogen (secondary N) is 1. The summed E-state index contributed by atoms with van der Waals surface area (Å²) in [6, 6.07) is 3.21. The molecule has 1 heterocycles. The highest BCUT2D eigenvalue weighted by Gasteiger charge is 2.17. The number of hydrogen-bond donors (Lipinski definition) is 3. The van der Waals surface area contributed by atoms with Gasteiger partial charge in [0.1, 0.15) is 5.75 Å². The van der Waals surface area contributed by atoms with E-state index >= 15 is 0 Å². The first-order valence-electron chi connectivity index (χ1n) is 4.16. The van der Waals surface area contributed by atoms with Crippen molar-refractivity contribution in [2.45, 2.75) is 6.61 Å². The molecule has 0 radical (unpaired) electrons. The number of hydrogen-bond acceptors (Lipinski definition) is 4. The molecule has 0 spiro atoms. The lowest BCUT2D eigenvalue weighted by molar-refractivity contribution is -0.118. The van der Waals surface area contributed by atoms with Gasteiger partial charge in [0, 0.05) is 11.3 Å². The van der Waals surface area contributed by atoms with Gasteiger partial charge in [-0.05, 0) is 12.1 Å². The van der Waals surface area contributed by atoms with Crippen LogP contribution in [0.5, 0.6) is 5.75 Å². The van der Waals surface area contributed by atoms with Gasteiger partial charge in [-0.1, -0.05) is 0 Å². The maximum absolute atomic E-state index is 11.0. The molecular formula is C9H10N2O3. The lowest BCUT2D eigenvalue weighted by Crippen LogP contribution is -2.25. The number of fused-ring (bicyclic) bond motifs is 1. The maximum Gasteiger partial charge on any atom is 0.262 e. The minimum Gasteiger partial charge on any atom is -0.482 e. The summed E-state index contributed by atoms with van der Waals surface area (Å²) in [6.45, 7) is -0.141. The molecule has 1 aliphatic heterocycles. The molecule has 0 unspecified atom stereocenters. The number of ether oxygens (including phenoxy) is 1. The Labute approximate surface area is 80.5 Å². The minimum absolute atomic E-state index is 0.00177. The van der Waals surface area contributed by atoms with Crippen molar-refractivity contribution in [2.24, 2.45) is 0 Å². The van der Waals surface area contributed by atoms with Crippen LogP contribution in [0.3, 0.4) is 0 Å². The van der Waals surface area contributed by atoms with E-state index in [-0.39, 0.29) is 19.1 Å². The molecule has 1 aliphatic rings. The monoisotopic (exact) mass is 194 g/mol. The van der Waals surface area contributed by atoms with Gasteiger partial charge in [0.2, 0.25) is 0 Å². The highest BCUT2D eigenvalue weighted by molar-refractivity contribution is 5.96. The maximum atomic E-state index is 11.0. The van der Waals surface area contributed by atoms with Crippen LogP contribution in [0.4, 0.5) is 11.4 Å². The molecule has 0 saturated carbocycles. The molecule has 5 nitrogen and oxygen atoms in total. The van der Waals surface area contributed by atoms with Gasteiger partial charge >= 0.3 is 0 Å². The number of rotatable bonds is 1. The van der Waals surface area contributed by atoms with Crippen molar-refractivity contribution in [3.8, 4) is 5.75 Å². The number of aliphatic hydroxyl groups is 1. The normalized spacial score (nSPS) is 14.2. The van der Waals surface area contributed by atoms with Crippen LogP contribution in [0, 0.1) is 0 Å². The largest absolute Gasteiger partial charge is 0.482 e. The van der Waals surface area contributed by atoms with Crippen molar-refractivity contribution in [3.05, 3.63) is 17.7 Å². The van der Waals surface area contributed by atoms with Gasteiger partial charge in [-0.2, -0.15) is 0 Å². The van der Waals surface area contributed by atoms with E-state index in [1.165, 1.54) is 0 Å². The first kappa shape index (κ1) is 8.83. The van der Waals surface area contributed by atoms with Gasteiger partial charge in [0.25, 0.3) is 5.91 Å². The molecule has 1 aromatic carbocycles. The van der Waals surface area contributed by atoms with Crippen LogP contribution in [0.15, 0.2) is 12.1 Å². The fraction of sp³-hybridized carbons (Fsp3) is 0.222. The summed E-state index contributed by atoms with van der Waals surface area (Å²) >= 11 is 0. The molecule has 0 aromatic heterocycles. The Balaban J connectivity index is 2.45. The molecule has 5 heteroatoms. The Bertz CT molecular complexity index is 390. The van der Waals surface area contributed by atoms with Crippen molar-refractivity contribution in [2.75, 3.05) is 17.7 Å². The summed E-state index contributed by atoms with van der Waals surface area (Å²) in [5.41, 5.74) is 7.22. The smallest absolute Gasteiger partial charge is 0.262 e. The number of anilines is 2. The molecule has 0 aliphatic carbocycles. The van der Waals surface area contributed by atoms with Crippen LogP contribution in [0.2, 0.25) is 0 Å². The quantitative estimate of drug-likeness (QED) is 0.553. The molecular weight excluding hydrogens is 184 g/mol. The van der Waals surface area contributed by atoms with Crippen molar-refractivity contribution < 1.29 is 14.6 Å². The second kappa shape index (κ2) is 3.19. The zero-order chi connectivity index (χ0) is 10.1. The predicted octanol–water partition coefficient (Wildman–Crippen LogP) is 0.0920. The number of amides is 1. The van der Waals surface area contributed by atoms with Gasteiger partial charge in [-0.25, -0.2) is 0 Å². The zero-order valence-electron chi connectivity index (χ0n) is 7.41. The van der Waals surface area contributed by atoms with Gasteiger partial charge in [-0.15, -0.1) is 0 Å². The zero-order valence-corrected chi connectivity index (χ0v) is 7.41. The average molecular weight is 194 g/mol. The molecule has 1 amide bonds. The number of benzene rings is 1. The summed E-state index contributed by atoms with van der Waals surface area (Å²) in [6.07, 6.45) is 0. The third-order valence-corrected chi connectivity index (χ3v) is 2.04. The van der Waals surface area contributed by atoms with E-state index in [1.807, 2.05) is 0 Å². The molecule has 14 heavy (non-hydrogen) atoms. The number of nitrogens with two attached hydrogens (primary N) is 1. The SMILES string of the molecule is Nc1cc2c(cc1CO)OCC(=O)N2. The summed E-state index contributed by atoms with van der Waals surface area (Å²) < 4.78 is 5.15. The molecule has 0 fully saturated rings. The first-order chi connectivity index (χ1) is 6.70. The van der Waals surface area contributed by atoms with Gasteiger partial charge < -0.3 is 20.9 Å². The predicted molar refractivity (Wildman–Crippen MR) is 50.9 cm³/mol. The van der Waals surface area contributed by atoms with Crippen molar-refractivity contribution in [3.63, 3.8) is 0 Å². The number of aliphatic hydroxyl groups excluding tert-OH is 1. The lowest BCUT2D eigenvalue weighted by Gasteiger charge is -2.19. The Kier molecular flexibility index (Phi) is 2.01. The highest BCUT2D eigenvalue weighted by Crippen LogP contribution is 2.32. The Morgan fingerprint density at radius 1 is 1.57 bits per heavy atom. The van der Waals surface area contributed by atoms with E-state index in [4.69, 9.17) is 15.6 Å². The summed E-state index contributed by atoms with van der Waals surface area (Å²) in [5.74, 6) is 0.344. The van der Waals surface area contributed by atoms with Gasteiger partial charge in [0.15, 0.2) is 6.61 Å². The van der Waals surface area contributed by atoms with E-state index in [0.717, 1.165) is 0 Å². The molecule has 0 saturated heterocycles. The minimum atomic E-state index is -0.200. The fourth-order valence-corrected chi connectivity index (χ4v) is 1.32. The number of carbonyl (C=O) groups excluding carboxylic acids is 1. The van der Waals surface area contributed by atoms with E-state index < -0.39 is 0 Å². The molecule has 1 aromatic rings. The van der Waals surface area contributed by atoms with Crippen LogP contribution in [0.25, 0.3) is 0 Å². The van der Waals surface area contributed by atoms with Crippen LogP contribution < -0.4 is 15.8 Å². The Morgan fingerprint density at radius 2 is 2.36 bits per heavy atom. The second-order valence-electron chi connectivity index (χ2n) is 3.04. The van der Waals surface area contributed by atoms with Crippen molar-refractivity contribution >= 4 is 17.3 Å². The standard InChI is InChI=1S/C9H10N2O3/c10-6-2-7-8(1-5(6)3-12)14-4-9(13)11-7/h1-2,12H,3-4,10H2,(H,11,13). The fourth-order valence-electron chi connectivity index (χ4n) is 1.32. The summed E-state index contributed by atoms with van der Waals surface area (Å²) in [5, 5.41) is 11.6. The third-order valence-electron chi connectivity index (χ3n) is 2.04. The molecule has 4 N–H and O–H groups in total. The molecule has 74 valence electrons. The van der Waals surface area contributed by atoms with Gasteiger partial charge in [0.05, 0.1) is 12.3 Å². The van der Waals surface area contributed by atoms with E-state index in [1.54, 1.807) is 12.1 Å². The summed E-state index contributed by atoms with van der Waals surface area (Å²) in [7, 11) is 0. The first-order valence-corrected chi connectivity index (χ1v) is 4.16. The number of nitrogen functional groups attached to an aromatic ring is 1. The number of carbonyl (C=O) groups is 1. The van der Waals surface area contributed by atoms with Crippen LogP contribution in [-0.2, 0) is 11.4 Å². The van der Waals surface area contributed by atoms with Crippen LogP contribution >= 0.6 is 0 Å². The third kappa shape index (κ3) is 1.38. The van der Waals surface area contributed by atoms with E-state index in [0.29, 0.717) is 22.7 Å². The second-order valence-corrected chi connectivity index (χ2v) is 3.04. The molecule has 0 atom stereocenters. The van der Waals surface area contributed by atoms with E-state index in [2.05, 4.69) is 5.32 Å². The van der Waals surface area contributed by atoms with Crippen molar-refractivity contribution in [1.82, 2.24) is 0 Å². The Morgan fingerprint density at radius 3 is 3.07 bits per heavy atom.